The molecular weight excluding hydrogens is 258 g/mol. The van der Waals surface area contributed by atoms with Crippen LogP contribution in [0.4, 0.5) is 0 Å². The molecule has 0 bridgehead atoms. The summed E-state index contributed by atoms with van der Waals surface area (Å²) in [5.41, 5.74) is 0. The summed E-state index contributed by atoms with van der Waals surface area (Å²) >= 11 is 5.60. The average Bonchev–Trinajstić information content (AvgIpc) is 2.20. The number of nitrogens with zero attached hydrogens (tertiary/aromatic N) is 1. The van der Waals surface area contributed by atoms with Crippen LogP contribution in [0.3, 0.4) is 0 Å². The molecule has 0 saturated carbocycles. The first-order valence-corrected chi connectivity index (χ1v) is 8.36. The Morgan fingerprint density at radius 2 is 1.65 bits per heavy atom. The molecule has 0 aliphatic heterocycles. The Hall–Kier alpha value is 0.200. The van der Waals surface area contributed by atoms with Crippen molar-refractivity contribution in [3.63, 3.8) is 0 Å². The fraction of sp³-hybridized carbons (Fsp3) is 1.00. The van der Waals surface area contributed by atoms with Crippen molar-refractivity contribution in [1.29, 1.82) is 0 Å². The summed E-state index contributed by atoms with van der Waals surface area (Å²) in [6, 6.07) is 0. The lowest BCUT2D eigenvalue weighted by Crippen LogP contribution is -2.35. The Balaban J connectivity index is 3.88. The van der Waals surface area contributed by atoms with Crippen molar-refractivity contribution < 1.29 is 8.42 Å². The minimum atomic E-state index is -2.99. The summed E-state index contributed by atoms with van der Waals surface area (Å²) in [6.45, 7) is 6.81. The van der Waals surface area contributed by atoms with Gasteiger partial charge in [0.05, 0.1) is 10.5 Å². The van der Waals surface area contributed by atoms with Gasteiger partial charge in [-0.3, -0.25) is 0 Å². The highest BCUT2D eigenvalue weighted by Crippen LogP contribution is 2.15. The second-order valence-corrected chi connectivity index (χ2v) is 8.72. The van der Waals surface area contributed by atoms with Crippen LogP contribution in [0.15, 0.2) is 0 Å². The Morgan fingerprint density at radius 3 is 2.12 bits per heavy atom. The number of hydrogen-bond donors (Lipinski definition) is 0. The Labute approximate surface area is 111 Å². The van der Waals surface area contributed by atoms with E-state index in [9.17, 15) is 8.42 Å². The third kappa shape index (κ3) is 7.27. The molecule has 0 N–H and O–H groups in total. The van der Waals surface area contributed by atoms with Gasteiger partial charge in [0, 0.05) is 12.4 Å². The first-order chi connectivity index (χ1) is 7.70. The number of sulfone groups is 1. The normalized spacial score (nSPS) is 13.3. The van der Waals surface area contributed by atoms with E-state index in [1.54, 1.807) is 20.8 Å². The van der Waals surface area contributed by atoms with Gasteiger partial charge in [-0.2, -0.15) is 0 Å². The van der Waals surface area contributed by atoms with E-state index in [0.717, 1.165) is 25.8 Å². The van der Waals surface area contributed by atoms with Gasteiger partial charge in [-0.25, -0.2) is 8.42 Å². The monoisotopic (exact) mass is 283 g/mol. The van der Waals surface area contributed by atoms with E-state index in [1.165, 1.54) is 0 Å². The molecule has 0 atom stereocenters. The van der Waals surface area contributed by atoms with Crippen molar-refractivity contribution in [3.05, 3.63) is 0 Å². The maximum Gasteiger partial charge on any atom is 0.156 e. The van der Waals surface area contributed by atoms with Crippen LogP contribution in [0.1, 0.15) is 40.0 Å². The molecular formula is C12H26ClNO2S. The van der Waals surface area contributed by atoms with Gasteiger partial charge in [-0.1, -0.05) is 6.42 Å². The molecule has 0 radical (unpaired) electrons. The molecule has 104 valence electrons. The first kappa shape index (κ1) is 17.2. The highest BCUT2D eigenvalue weighted by Gasteiger charge is 2.28. The average molecular weight is 284 g/mol. The van der Waals surface area contributed by atoms with Crippen LogP contribution in [0, 0.1) is 0 Å². The van der Waals surface area contributed by atoms with Crippen LogP contribution in [0.2, 0.25) is 0 Å². The highest BCUT2D eigenvalue weighted by atomic mass is 35.5. The minimum absolute atomic E-state index is 0.239. The molecule has 0 saturated heterocycles. The van der Waals surface area contributed by atoms with Gasteiger partial charge in [-0.05, 0) is 47.2 Å². The summed E-state index contributed by atoms with van der Waals surface area (Å²) in [5.74, 6) is 0.949. The third-order valence-electron chi connectivity index (χ3n) is 2.85. The van der Waals surface area contributed by atoms with Gasteiger partial charge >= 0.3 is 0 Å². The topological polar surface area (TPSA) is 37.4 Å². The molecule has 3 nitrogen and oxygen atoms in total. The van der Waals surface area contributed by atoms with Crippen molar-refractivity contribution in [1.82, 2.24) is 4.90 Å². The van der Waals surface area contributed by atoms with E-state index >= 15 is 0 Å². The van der Waals surface area contributed by atoms with E-state index in [-0.39, 0.29) is 5.75 Å². The SMILES string of the molecule is CN(CCCCCCl)CCS(=O)(=O)C(C)(C)C. The van der Waals surface area contributed by atoms with Gasteiger partial charge in [0.2, 0.25) is 0 Å². The van der Waals surface area contributed by atoms with Gasteiger partial charge < -0.3 is 4.90 Å². The predicted molar refractivity (Wildman–Crippen MR) is 75.6 cm³/mol. The fourth-order valence-electron chi connectivity index (χ4n) is 1.35. The lowest BCUT2D eigenvalue weighted by molar-refractivity contribution is 0.342. The molecule has 17 heavy (non-hydrogen) atoms. The van der Waals surface area contributed by atoms with Crippen LogP contribution in [0.25, 0.3) is 0 Å². The molecule has 5 heteroatoms. The van der Waals surface area contributed by atoms with E-state index in [2.05, 4.69) is 4.90 Å². The fourth-order valence-corrected chi connectivity index (χ4v) is 2.70. The Kier molecular flexibility index (Phi) is 7.68. The predicted octanol–water partition coefficient (Wildman–Crippen LogP) is 2.54. The van der Waals surface area contributed by atoms with E-state index in [1.807, 2.05) is 7.05 Å². The Morgan fingerprint density at radius 1 is 1.06 bits per heavy atom. The number of halogens is 1. The van der Waals surface area contributed by atoms with Crippen molar-refractivity contribution in [2.75, 3.05) is 31.8 Å². The molecule has 0 fully saturated rings. The van der Waals surface area contributed by atoms with Crippen LogP contribution in [0.5, 0.6) is 0 Å². The molecule has 0 aromatic rings. The lowest BCUT2D eigenvalue weighted by Gasteiger charge is -2.22. The Bertz CT molecular complexity index is 296. The quantitative estimate of drug-likeness (QED) is 0.507. The molecule has 0 amide bonds. The van der Waals surface area contributed by atoms with E-state index in [0.29, 0.717) is 12.4 Å². The summed E-state index contributed by atoms with van der Waals surface area (Å²) in [5, 5.41) is 0. The second kappa shape index (κ2) is 7.59. The molecule has 0 aromatic heterocycles. The summed E-state index contributed by atoms with van der Waals surface area (Å²) in [4.78, 5) is 2.08. The maximum absolute atomic E-state index is 11.9. The number of unbranched alkanes of at least 4 members (excludes halogenated alkanes) is 2. The van der Waals surface area contributed by atoms with Crippen molar-refractivity contribution in [2.24, 2.45) is 0 Å². The zero-order valence-corrected chi connectivity index (χ0v) is 13.1. The van der Waals surface area contributed by atoms with Gasteiger partial charge in [0.25, 0.3) is 0 Å². The second-order valence-electron chi connectivity index (χ2n) is 5.48. The molecule has 0 unspecified atom stereocenters. The lowest BCUT2D eigenvalue weighted by atomic mass is 10.2. The summed E-state index contributed by atoms with van der Waals surface area (Å²) < 4.78 is 23.1. The van der Waals surface area contributed by atoms with Crippen molar-refractivity contribution in [2.45, 2.75) is 44.8 Å². The summed E-state index contributed by atoms with van der Waals surface area (Å²) in [7, 11) is -1.02. The zero-order valence-electron chi connectivity index (χ0n) is 11.5. The largest absolute Gasteiger partial charge is 0.305 e. The zero-order chi connectivity index (χ0) is 13.5. The molecule has 0 spiro atoms. The molecule has 0 aromatic carbocycles. The van der Waals surface area contributed by atoms with Gasteiger partial charge in [0.15, 0.2) is 9.84 Å². The number of hydrogen-bond acceptors (Lipinski definition) is 3. The van der Waals surface area contributed by atoms with E-state index in [4.69, 9.17) is 11.6 Å². The van der Waals surface area contributed by atoms with Gasteiger partial charge in [-0.15, -0.1) is 11.6 Å². The van der Waals surface area contributed by atoms with Gasteiger partial charge in [0.1, 0.15) is 0 Å². The van der Waals surface area contributed by atoms with Crippen LogP contribution >= 0.6 is 11.6 Å². The minimum Gasteiger partial charge on any atom is -0.305 e. The highest BCUT2D eigenvalue weighted by molar-refractivity contribution is 7.92. The maximum atomic E-state index is 11.9. The molecule has 0 aliphatic carbocycles. The smallest absolute Gasteiger partial charge is 0.156 e. The number of rotatable bonds is 8. The van der Waals surface area contributed by atoms with E-state index < -0.39 is 14.6 Å². The molecule has 0 rings (SSSR count). The van der Waals surface area contributed by atoms with Crippen LogP contribution < -0.4 is 0 Å². The third-order valence-corrected chi connectivity index (χ3v) is 5.70. The van der Waals surface area contributed by atoms with Crippen molar-refractivity contribution >= 4 is 21.4 Å². The molecule has 0 aliphatic rings. The molecule has 0 heterocycles. The van der Waals surface area contributed by atoms with Crippen molar-refractivity contribution in [3.8, 4) is 0 Å². The standard InChI is InChI=1S/C12H26ClNO2S/c1-12(2,3)17(15,16)11-10-14(4)9-7-5-6-8-13/h5-11H2,1-4H3. The summed E-state index contributed by atoms with van der Waals surface area (Å²) in [6.07, 6.45) is 3.23. The number of alkyl halides is 1. The van der Waals surface area contributed by atoms with Crippen LogP contribution in [-0.2, 0) is 9.84 Å². The van der Waals surface area contributed by atoms with Crippen LogP contribution in [-0.4, -0.2) is 49.8 Å². The first-order valence-electron chi connectivity index (χ1n) is 6.17.